The fourth-order valence-electron chi connectivity index (χ4n) is 1.86. The maximum absolute atomic E-state index is 11.9. The molecule has 0 bridgehead atoms. The van der Waals surface area contributed by atoms with E-state index < -0.39 is 11.3 Å². The van der Waals surface area contributed by atoms with Crippen LogP contribution in [-0.2, 0) is 15.0 Å². The lowest BCUT2D eigenvalue weighted by atomic mass is 9.76. The van der Waals surface area contributed by atoms with Gasteiger partial charge in [0.05, 0.1) is 0 Å². The normalized spacial score (nSPS) is 13.9. The molecule has 0 radical (unpaired) electrons. The van der Waals surface area contributed by atoms with Gasteiger partial charge >= 0.3 is 0 Å². The molecular formula is C12H16N2O2. The van der Waals surface area contributed by atoms with Gasteiger partial charge in [0.2, 0.25) is 11.8 Å². The van der Waals surface area contributed by atoms with Crippen molar-refractivity contribution in [2.45, 2.75) is 18.8 Å². The highest BCUT2D eigenvalue weighted by atomic mass is 16.2. The Hall–Kier alpha value is -1.84. The standard InChI is InChI=1S/C12H16N2O2/c1-3-12(10(13)15,11(16)14-2)9-7-5-4-6-8-9/h4-8H,3H2,1-2H3,(H2,13,15)(H,14,16). The van der Waals surface area contributed by atoms with Crippen molar-refractivity contribution < 1.29 is 9.59 Å². The van der Waals surface area contributed by atoms with E-state index in [-0.39, 0.29) is 5.91 Å². The van der Waals surface area contributed by atoms with Crippen molar-refractivity contribution >= 4 is 11.8 Å². The topological polar surface area (TPSA) is 72.2 Å². The highest BCUT2D eigenvalue weighted by Gasteiger charge is 2.43. The summed E-state index contributed by atoms with van der Waals surface area (Å²) in [6, 6.07) is 8.87. The Labute approximate surface area is 94.8 Å². The number of rotatable bonds is 4. The van der Waals surface area contributed by atoms with Crippen LogP contribution in [0.5, 0.6) is 0 Å². The van der Waals surface area contributed by atoms with Crippen LogP contribution in [0.25, 0.3) is 0 Å². The summed E-state index contributed by atoms with van der Waals surface area (Å²) in [4.78, 5) is 23.5. The van der Waals surface area contributed by atoms with Crippen LogP contribution in [0.15, 0.2) is 30.3 Å². The first-order chi connectivity index (χ1) is 7.59. The molecule has 4 heteroatoms. The smallest absolute Gasteiger partial charge is 0.239 e. The lowest BCUT2D eigenvalue weighted by Crippen LogP contribution is -2.52. The van der Waals surface area contributed by atoms with Gasteiger partial charge in [0.25, 0.3) is 0 Å². The molecule has 0 spiro atoms. The number of primary amides is 1. The molecule has 1 aromatic rings. The molecule has 0 saturated carbocycles. The first-order valence-electron chi connectivity index (χ1n) is 5.17. The summed E-state index contributed by atoms with van der Waals surface area (Å²) in [5.74, 6) is -0.991. The second-order valence-electron chi connectivity index (χ2n) is 3.57. The number of amides is 2. The largest absolute Gasteiger partial charge is 0.368 e. The molecule has 0 saturated heterocycles. The molecule has 1 unspecified atom stereocenters. The molecular weight excluding hydrogens is 204 g/mol. The Kier molecular flexibility index (Phi) is 3.66. The zero-order valence-electron chi connectivity index (χ0n) is 9.49. The molecule has 1 aromatic carbocycles. The second kappa shape index (κ2) is 4.79. The Morgan fingerprint density at radius 3 is 2.25 bits per heavy atom. The van der Waals surface area contributed by atoms with E-state index in [0.717, 1.165) is 0 Å². The van der Waals surface area contributed by atoms with E-state index in [1.807, 2.05) is 6.07 Å². The minimum atomic E-state index is -1.27. The van der Waals surface area contributed by atoms with Crippen LogP contribution in [0.4, 0.5) is 0 Å². The first-order valence-corrected chi connectivity index (χ1v) is 5.17. The summed E-state index contributed by atoms with van der Waals surface area (Å²) in [6.45, 7) is 1.77. The quantitative estimate of drug-likeness (QED) is 0.728. The van der Waals surface area contributed by atoms with Crippen LogP contribution in [0.2, 0.25) is 0 Å². The van der Waals surface area contributed by atoms with Crippen LogP contribution >= 0.6 is 0 Å². The molecule has 2 amide bonds. The van der Waals surface area contributed by atoms with E-state index >= 15 is 0 Å². The summed E-state index contributed by atoms with van der Waals surface area (Å²) >= 11 is 0. The predicted molar refractivity (Wildman–Crippen MR) is 61.7 cm³/mol. The summed E-state index contributed by atoms with van der Waals surface area (Å²) in [7, 11) is 1.50. The molecule has 0 aliphatic carbocycles. The molecule has 0 aliphatic rings. The Bertz CT molecular complexity index is 389. The number of carbonyl (C=O) groups is 2. The number of carbonyl (C=O) groups excluding carboxylic acids is 2. The molecule has 0 fully saturated rings. The monoisotopic (exact) mass is 220 g/mol. The van der Waals surface area contributed by atoms with Crippen molar-refractivity contribution in [3.8, 4) is 0 Å². The lowest BCUT2D eigenvalue weighted by molar-refractivity contribution is -0.136. The van der Waals surface area contributed by atoms with E-state index in [1.54, 1.807) is 31.2 Å². The van der Waals surface area contributed by atoms with Gasteiger partial charge in [-0.1, -0.05) is 37.3 Å². The highest BCUT2D eigenvalue weighted by Crippen LogP contribution is 2.27. The van der Waals surface area contributed by atoms with Gasteiger partial charge in [0.1, 0.15) is 0 Å². The molecule has 0 heterocycles. The Morgan fingerprint density at radius 1 is 1.31 bits per heavy atom. The maximum atomic E-state index is 11.9. The van der Waals surface area contributed by atoms with Crippen molar-refractivity contribution in [2.24, 2.45) is 5.73 Å². The number of benzene rings is 1. The third-order valence-electron chi connectivity index (χ3n) is 2.83. The number of nitrogens with one attached hydrogen (secondary N) is 1. The van der Waals surface area contributed by atoms with Crippen molar-refractivity contribution in [3.05, 3.63) is 35.9 Å². The van der Waals surface area contributed by atoms with E-state index in [9.17, 15) is 9.59 Å². The highest BCUT2D eigenvalue weighted by molar-refractivity contribution is 6.10. The zero-order valence-corrected chi connectivity index (χ0v) is 9.49. The predicted octanol–water partition coefficient (Wildman–Crippen LogP) is 0.566. The molecule has 3 N–H and O–H groups in total. The summed E-state index contributed by atoms with van der Waals surface area (Å²) in [5.41, 5.74) is 4.75. The van der Waals surface area contributed by atoms with Crippen LogP contribution in [0, 0.1) is 0 Å². The molecule has 4 nitrogen and oxygen atoms in total. The fraction of sp³-hybridized carbons (Fsp3) is 0.333. The van der Waals surface area contributed by atoms with Crippen molar-refractivity contribution in [3.63, 3.8) is 0 Å². The van der Waals surface area contributed by atoms with Gasteiger partial charge < -0.3 is 11.1 Å². The van der Waals surface area contributed by atoms with Crippen molar-refractivity contribution in [1.29, 1.82) is 0 Å². The van der Waals surface area contributed by atoms with Crippen LogP contribution in [0.1, 0.15) is 18.9 Å². The summed E-state index contributed by atoms with van der Waals surface area (Å²) in [5, 5.41) is 2.50. The average molecular weight is 220 g/mol. The van der Waals surface area contributed by atoms with Crippen LogP contribution < -0.4 is 11.1 Å². The van der Waals surface area contributed by atoms with Crippen molar-refractivity contribution in [2.75, 3.05) is 7.05 Å². The fourth-order valence-corrected chi connectivity index (χ4v) is 1.86. The van der Waals surface area contributed by atoms with Gasteiger partial charge in [-0.15, -0.1) is 0 Å². The van der Waals surface area contributed by atoms with Gasteiger partial charge in [-0.25, -0.2) is 0 Å². The van der Waals surface area contributed by atoms with Gasteiger partial charge in [-0.3, -0.25) is 9.59 Å². The van der Waals surface area contributed by atoms with Gasteiger partial charge in [0, 0.05) is 7.05 Å². The SMILES string of the molecule is CCC(C(N)=O)(C(=O)NC)c1ccccc1. The molecule has 1 atom stereocenters. The summed E-state index contributed by atoms with van der Waals surface area (Å²) < 4.78 is 0. The molecule has 86 valence electrons. The van der Waals surface area contributed by atoms with Crippen LogP contribution in [0.3, 0.4) is 0 Å². The molecule has 1 rings (SSSR count). The van der Waals surface area contributed by atoms with E-state index in [0.29, 0.717) is 12.0 Å². The zero-order chi connectivity index (χ0) is 12.2. The second-order valence-corrected chi connectivity index (χ2v) is 3.57. The van der Waals surface area contributed by atoms with Gasteiger partial charge in [-0.2, -0.15) is 0 Å². The lowest BCUT2D eigenvalue weighted by Gasteiger charge is -2.27. The maximum Gasteiger partial charge on any atom is 0.239 e. The number of hydrogen-bond acceptors (Lipinski definition) is 2. The minimum absolute atomic E-state index is 0.339. The minimum Gasteiger partial charge on any atom is -0.368 e. The molecule has 0 aromatic heterocycles. The Balaban J connectivity index is 3.35. The summed E-state index contributed by atoms with van der Waals surface area (Å²) in [6.07, 6.45) is 0.339. The average Bonchev–Trinajstić information content (AvgIpc) is 2.31. The van der Waals surface area contributed by atoms with Crippen LogP contribution in [-0.4, -0.2) is 18.9 Å². The third kappa shape index (κ3) is 1.78. The van der Waals surface area contributed by atoms with E-state index in [2.05, 4.69) is 5.32 Å². The molecule has 16 heavy (non-hydrogen) atoms. The van der Waals surface area contributed by atoms with Crippen molar-refractivity contribution in [1.82, 2.24) is 5.32 Å². The number of hydrogen-bond donors (Lipinski definition) is 2. The van der Waals surface area contributed by atoms with Gasteiger partial charge in [0.15, 0.2) is 5.41 Å². The number of likely N-dealkylation sites (N-methyl/N-ethyl adjacent to an activating group) is 1. The molecule has 0 aliphatic heterocycles. The van der Waals surface area contributed by atoms with Gasteiger partial charge in [-0.05, 0) is 12.0 Å². The number of nitrogens with two attached hydrogens (primary N) is 1. The Morgan fingerprint density at radius 2 is 1.88 bits per heavy atom. The first kappa shape index (κ1) is 12.2. The van der Waals surface area contributed by atoms with E-state index in [4.69, 9.17) is 5.73 Å². The van der Waals surface area contributed by atoms with E-state index in [1.165, 1.54) is 7.05 Å². The third-order valence-corrected chi connectivity index (χ3v) is 2.83.